The Morgan fingerprint density at radius 3 is 2.85 bits per heavy atom. The number of aliphatic hydroxyl groups is 1. The molecule has 1 rings (SSSR count). The molecule has 1 aromatic heterocycles. The van der Waals surface area contributed by atoms with Gasteiger partial charge in [0.15, 0.2) is 0 Å². The largest absolute Gasteiger partial charge is 0.594 e. The molecule has 0 radical (unpaired) electrons. The normalized spacial score (nSPS) is 15.8. The first-order valence-corrected chi connectivity index (χ1v) is 3.96. The molecule has 0 aromatic carbocycles. The molecule has 1 aromatic rings. The number of imidazole rings is 1. The number of nitrogens with one attached hydrogen (secondary N) is 1. The van der Waals surface area contributed by atoms with Gasteiger partial charge in [-0.25, -0.2) is 10.2 Å². The summed E-state index contributed by atoms with van der Waals surface area (Å²) < 4.78 is 1.48. The molecule has 6 nitrogen and oxygen atoms in total. The second kappa shape index (κ2) is 3.84. The van der Waals surface area contributed by atoms with Crippen LogP contribution in [0.4, 0.5) is 5.82 Å². The van der Waals surface area contributed by atoms with E-state index < -0.39 is 11.3 Å². The molecule has 74 valence electrons. The van der Waals surface area contributed by atoms with Gasteiger partial charge < -0.3 is 10.3 Å². The minimum atomic E-state index is -1.03. The Labute approximate surface area is 75.6 Å². The summed E-state index contributed by atoms with van der Waals surface area (Å²) in [6, 6.07) is 0. The molecule has 0 fully saturated rings. The van der Waals surface area contributed by atoms with Crippen LogP contribution in [0.5, 0.6) is 0 Å². The maximum absolute atomic E-state index is 10.7. The van der Waals surface area contributed by atoms with Crippen LogP contribution in [-0.2, 0) is 6.54 Å². The minimum Gasteiger partial charge on any atom is -0.594 e. The van der Waals surface area contributed by atoms with Crippen molar-refractivity contribution in [3.05, 3.63) is 17.2 Å². The third kappa shape index (κ3) is 2.25. The highest BCUT2D eigenvalue weighted by Crippen LogP contribution is 2.06. The molecule has 13 heavy (non-hydrogen) atoms. The van der Waals surface area contributed by atoms with Crippen molar-refractivity contribution in [1.82, 2.24) is 9.55 Å². The van der Waals surface area contributed by atoms with Gasteiger partial charge in [-0.2, -0.15) is 5.23 Å². The molecular formula is C7H13N3O3. The monoisotopic (exact) mass is 187 g/mol. The molecule has 0 aliphatic rings. The van der Waals surface area contributed by atoms with E-state index in [-0.39, 0.29) is 12.4 Å². The van der Waals surface area contributed by atoms with Crippen LogP contribution >= 0.6 is 0 Å². The number of quaternary nitrogens is 1. The van der Waals surface area contributed by atoms with Crippen LogP contribution in [0, 0.1) is 12.1 Å². The smallest absolute Gasteiger partial charge is 0.259 e. The molecular weight excluding hydrogens is 174 g/mol. The number of hydrogen-bond donors (Lipinski definition) is 3. The van der Waals surface area contributed by atoms with Crippen molar-refractivity contribution >= 4 is 5.82 Å². The van der Waals surface area contributed by atoms with Crippen LogP contribution in [-0.4, -0.2) is 26.0 Å². The minimum absolute atomic E-state index is 0.110. The van der Waals surface area contributed by atoms with Gasteiger partial charge in [-0.1, -0.05) is 0 Å². The Morgan fingerprint density at radius 2 is 2.38 bits per heavy atom. The standard InChI is InChI=1S/C7H13N3O3/c1-5(11)4-9-6(2)8-3-7(9)10(12)13/h3,5,10-12H,4H2,1-2H3/t5-/m1/s1. The zero-order valence-corrected chi connectivity index (χ0v) is 7.56. The molecule has 0 spiro atoms. The molecule has 1 heterocycles. The second-order valence-electron chi connectivity index (χ2n) is 2.96. The van der Waals surface area contributed by atoms with Gasteiger partial charge in [-0.05, 0) is 13.8 Å². The highest BCUT2D eigenvalue weighted by atomic mass is 16.8. The number of aromatic nitrogens is 2. The van der Waals surface area contributed by atoms with Crippen molar-refractivity contribution in [3.63, 3.8) is 0 Å². The Kier molecular flexibility index (Phi) is 2.99. The van der Waals surface area contributed by atoms with Crippen LogP contribution in [0.15, 0.2) is 6.20 Å². The Morgan fingerprint density at radius 1 is 1.77 bits per heavy atom. The van der Waals surface area contributed by atoms with Gasteiger partial charge in [0.05, 0.1) is 12.6 Å². The highest BCUT2D eigenvalue weighted by Gasteiger charge is 2.13. The fraction of sp³-hybridized carbons (Fsp3) is 0.571. The van der Waals surface area contributed by atoms with E-state index in [4.69, 9.17) is 10.3 Å². The quantitative estimate of drug-likeness (QED) is 0.528. The molecule has 2 atom stereocenters. The summed E-state index contributed by atoms with van der Waals surface area (Å²) in [6.45, 7) is 3.56. The lowest BCUT2D eigenvalue weighted by atomic mass is 10.4. The van der Waals surface area contributed by atoms with Crippen LogP contribution in [0.3, 0.4) is 0 Å². The van der Waals surface area contributed by atoms with Crippen molar-refractivity contribution in [2.24, 2.45) is 0 Å². The van der Waals surface area contributed by atoms with Gasteiger partial charge in [0.1, 0.15) is 12.0 Å². The van der Waals surface area contributed by atoms with Gasteiger partial charge >= 0.3 is 0 Å². The van der Waals surface area contributed by atoms with Crippen LogP contribution in [0.1, 0.15) is 12.7 Å². The molecule has 0 aliphatic heterocycles. The highest BCUT2D eigenvalue weighted by molar-refractivity contribution is 5.17. The molecule has 6 heteroatoms. The molecule has 0 bridgehead atoms. The lowest BCUT2D eigenvalue weighted by Gasteiger charge is -2.15. The second-order valence-corrected chi connectivity index (χ2v) is 2.96. The summed E-state index contributed by atoms with van der Waals surface area (Å²) in [5.74, 6) is 0.705. The topological polar surface area (TPSA) is 85.8 Å². The third-order valence-electron chi connectivity index (χ3n) is 1.72. The third-order valence-corrected chi connectivity index (χ3v) is 1.72. The van der Waals surface area contributed by atoms with Crippen LogP contribution < -0.4 is 5.23 Å². The maximum atomic E-state index is 10.7. The predicted octanol–water partition coefficient (Wildman–Crippen LogP) is -1.02. The van der Waals surface area contributed by atoms with E-state index in [2.05, 4.69) is 4.98 Å². The number of rotatable bonds is 3. The molecule has 0 saturated carbocycles. The van der Waals surface area contributed by atoms with E-state index in [9.17, 15) is 5.21 Å². The van der Waals surface area contributed by atoms with Crippen molar-refractivity contribution < 1.29 is 15.5 Å². The first kappa shape index (κ1) is 10.1. The molecule has 0 aliphatic carbocycles. The van der Waals surface area contributed by atoms with Gasteiger partial charge in [0, 0.05) is 0 Å². The molecule has 1 unspecified atom stereocenters. The summed E-state index contributed by atoms with van der Waals surface area (Å²) in [4.78, 5) is 3.86. The van der Waals surface area contributed by atoms with Gasteiger partial charge in [-0.3, -0.25) is 4.57 Å². The van der Waals surface area contributed by atoms with Crippen LogP contribution in [0.2, 0.25) is 0 Å². The van der Waals surface area contributed by atoms with E-state index in [1.807, 2.05) is 0 Å². The maximum Gasteiger partial charge on any atom is 0.259 e. The van der Waals surface area contributed by atoms with E-state index in [0.29, 0.717) is 5.82 Å². The van der Waals surface area contributed by atoms with Crippen molar-refractivity contribution in [1.29, 1.82) is 0 Å². The van der Waals surface area contributed by atoms with E-state index in [1.54, 1.807) is 13.8 Å². The Bertz CT molecular complexity index is 283. The van der Waals surface area contributed by atoms with Gasteiger partial charge in [-0.15, -0.1) is 0 Å². The predicted molar refractivity (Wildman–Crippen MR) is 44.4 cm³/mol. The van der Waals surface area contributed by atoms with Crippen molar-refractivity contribution in [2.45, 2.75) is 26.5 Å². The zero-order valence-electron chi connectivity index (χ0n) is 7.56. The molecule has 0 saturated heterocycles. The number of hydrogen-bond acceptors (Lipinski definition) is 4. The Hall–Kier alpha value is -0.950. The first-order chi connectivity index (χ1) is 6.02. The fourth-order valence-corrected chi connectivity index (χ4v) is 1.13. The van der Waals surface area contributed by atoms with Gasteiger partial charge in [0.25, 0.3) is 5.82 Å². The van der Waals surface area contributed by atoms with E-state index in [1.165, 1.54) is 10.8 Å². The molecule has 0 amide bonds. The lowest BCUT2D eigenvalue weighted by molar-refractivity contribution is -0.994. The number of aliphatic hydroxyl groups excluding tert-OH is 1. The first-order valence-electron chi connectivity index (χ1n) is 3.96. The number of nitrogens with zero attached hydrogens (tertiary/aromatic N) is 2. The summed E-state index contributed by atoms with van der Waals surface area (Å²) in [6.07, 6.45) is 0.714. The summed E-state index contributed by atoms with van der Waals surface area (Å²) in [5.41, 5.74) is 0. The van der Waals surface area contributed by atoms with Gasteiger partial charge in [0.2, 0.25) is 0 Å². The number of aryl methyl sites for hydroxylation is 1. The lowest BCUT2D eigenvalue weighted by Crippen LogP contribution is -2.99. The van der Waals surface area contributed by atoms with Crippen molar-refractivity contribution in [2.75, 3.05) is 0 Å². The molecule has 3 N–H and O–H groups in total. The van der Waals surface area contributed by atoms with E-state index in [0.717, 1.165) is 0 Å². The summed E-state index contributed by atoms with van der Waals surface area (Å²) >= 11 is 0. The average Bonchev–Trinajstić information content (AvgIpc) is 2.32. The summed E-state index contributed by atoms with van der Waals surface area (Å²) in [5, 5.41) is 27.5. The zero-order chi connectivity index (χ0) is 10.0. The fourth-order valence-electron chi connectivity index (χ4n) is 1.13. The van der Waals surface area contributed by atoms with Crippen LogP contribution in [0.25, 0.3) is 0 Å². The SMILES string of the molecule is Cc1ncc([NH+]([O-])O)n1C[C@@H](C)O. The summed E-state index contributed by atoms with van der Waals surface area (Å²) in [7, 11) is 0. The van der Waals surface area contributed by atoms with E-state index >= 15 is 0 Å². The average molecular weight is 187 g/mol. The Balaban J connectivity index is 2.94. The van der Waals surface area contributed by atoms with Crippen molar-refractivity contribution in [3.8, 4) is 0 Å².